The molecule has 10 heavy (non-hydrogen) atoms. The molecule has 1 aliphatic carbocycles. The van der Waals surface area contributed by atoms with Crippen LogP contribution in [0.15, 0.2) is 12.7 Å². The fourth-order valence-electron chi connectivity index (χ4n) is 1.10. The molecular weight excluding hydrogens is 120 g/mol. The molecule has 1 atom stereocenters. The summed E-state index contributed by atoms with van der Waals surface area (Å²) in [4.78, 5) is 0. The van der Waals surface area contributed by atoms with E-state index in [9.17, 15) is 0 Å². The minimum atomic E-state index is 0.632. The minimum Gasteiger partial charge on any atom is -0.103 e. The van der Waals surface area contributed by atoms with Gasteiger partial charge in [-0.05, 0) is 43.9 Å². The summed E-state index contributed by atoms with van der Waals surface area (Å²) in [5.74, 6) is 2.05. The number of allylic oxidation sites excluding steroid dienone is 1. The smallest absolute Gasteiger partial charge is 0.0136 e. The van der Waals surface area contributed by atoms with E-state index in [1.54, 1.807) is 0 Å². The Morgan fingerprint density at radius 3 is 2.60 bits per heavy atom. The van der Waals surface area contributed by atoms with Crippen LogP contribution in [0.1, 0.15) is 13.3 Å². The molecule has 0 N–H and O–H groups in total. The van der Waals surface area contributed by atoms with Gasteiger partial charge in [0.1, 0.15) is 0 Å². The molecule has 0 heteroatoms. The Morgan fingerprint density at radius 1 is 1.50 bits per heavy atom. The lowest BCUT2D eigenvalue weighted by molar-refractivity contribution is 0.647. The van der Waals surface area contributed by atoms with Crippen LogP contribution >= 0.6 is 0 Å². The van der Waals surface area contributed by atoms with Crippen LogP contribution in [0.25, 0.3) is 0 Å². The Labute approximate surface area is 64.3 Å². The third-order valence-electron chi connectivity index (χ3n) is 1.78. The SMILES string of the molecule is C=CC[C@@H](C)[C]1[CH][CH][CH][CH]1. The normalized spacial score (nSPS) is 22.9. The Hall–Kier alpha value is -0.260. The Bertz CT molecular complexity index is 98.6. The summed E-state index contributed by atoms with van der Waals surface area (Å²) >= 11 is 0. The first kappa shape index (κ1) is 7.84. The molecule has 5 radical (unpaired) electrons. The quantitative estimate of drug-likeness (QED) is 0.519. The van der Waals surface area contributed by atoms with Crippen LogP contribution in [0.5, 0.6) is 0 Å². The molecule has 0 aromatic rings. The molecule has 0 aromatic carbocycles. The molecular formula is C10H13. The number of hydrogen-bond acceptors (Lipinski definition) is 0. The Balaban J connectivity index is 2.24. The highest BCUT2D eigenvalue weighted by Crippen LogP contribution is 2.31. The molecule has 0 bridgehead atoms. The lowest BCUT2D eigenvalue weighted by atomic mass is 9.90. The van der Waals surface area contributed by atoms with Crippen molar-refractivity contribution in [1.82, 2.24) is 0 Å². The zero-order chi connectivity index (χ0) is 7.40. The van der Waals surface area contributed by atoms with E-state index >= 15 is 0 Å². The lowest BCUT2D eigenvalue weighted by Crippen LogP contribution is -2.04. The summed E-state index contributed by atoms with van der Waals surface area (Å²) in [5.41, 5.74) is 0. The third kappa shape index (κ3) is 1.86. The highest BCUT2D eigenvalue weighted by Gasteiger charge is 2.21. The fraction of sp³-hybridized carbons (Fsp3) is 0.300. The van der Waals surface area contributed by atoms with E-state index in [0.717, 1.165) is 6.42 Å². The second-order valence-corrected chi connectivity index (χ2v) is 2.64. The van der Waals surface area contributed by atoms with E-state index in [0.29, 0.717) is 5.92 Å². The van der Waals surface area contributed by atoms with Crippen LogP contribution < -0.4 is 0 Å². The summed E-state index contributed by atoms with van der Waals surface area (Å²) < 4.78 is 0. The standard InChI is InChI=1S/C10H13/c1-3-6-9(2)10-7-4-5-8-10/h3-5,7-9H,1,6H2,2H3/t9-/m1/s1. The molecule has 1 aliphatic rings. The van der Waals surface area contributed by atoms with E-state index in [1.165, 1.54) is 5.92 Å². The van der Waals surface area contributed by atoms with Gasteiger partial charge in [-0.15, -0.1) is 6.58 Å². The van der Waals surface area contributed by atoms with Gasteiger partial charge < -0.3 is 0 Å². The van der Waals surface area contributed by atoms with Gasteiger partial charge >= 0.3 is 0 Å². The van der Waals surface area contributed by atoms with E-state index in [1.807, 2.05) is 6.08 Å². The molecule has 0 saturated heterocycles. The first-order valence-electron chi connectivity index (χ1n) is 3.67. The zero-order valence-electron chi connectivity index (χ0n) is 6.38. The highest BCUT2D eigenvalue weighted by molar-refractivity contribution is 5.36. The zero-order valence-corrected chi connectivity index (χ0v) is 6.38. The molecule has 53 valence electrons. The fourth-order valence-corrected chi connectivity index (χ4v) is 1.10. The Morgan fingerprint density at radius 2 is 2.10 bits per heavy atom. The van der Waals surface area contributed by atoms with Crippen molar-refractivity contribution in [3.8, 4) is 0 Å². The van der Waals surface area contributed by atoms with Gasteiger partial charge in [-0.3, -0.25) is 0 Å². The maximum absolute atomic E-state index is 3.71. The molecule has 0 heterocycles. The van der Waals surface area contributed by atoms with Crippen molar-refractivity contribution in [2.24, 2.45) is 5.92 Å². The van der Waals surface area contributed by atoms with Gasteiger partial charge in [0.15, 0.2) is 0 Å². The van der Waals surface area contributed by atoms with Gasteiger partial charge in [0, 0.05) is 0 Å². The van der Waals surface area contributed by atoms with E-state index < -0.39 is 0 Å². The van der Waals surface area contributed by atoms with Crippen LogP contribution in [-0.4, -0.2) is 0 Å². The van der Waals surface area contributed by atoms with Crippen molar-refractivity contribution < 1.29 is 0 Å². The molecule has 0 unspecified atom stereocenters. The molecule has 1 saturated carbocycles. The predicted octanol–water partition coefficient (Wildman–Crippen LogP) is 2.60. The van der Waals surface area contributed by atoms with Crippen molar-refractivity contribution >= 4 is 0 Å². The van der Waals surface area contributed by atoms with E-state index in [4.69, 9.17) is 0 Å². The maximum atomic E-state index is 3.71. The van der Waals surface area contributed by atoms with E-state index in [2.05, 4.69) is 39.2 Å². The molecule has 0 aromatic heterocycles. The molecule has 1 fully saturated rings. The molecule has 0 aliphatic heterocycles. The van der Waals surface area contributed by atoms with Crippen LogP contribution in [0.3, 0.4) is 0 Å². The topological polar surface area (TPSA) is 0 Å². The van der Waals surface area contributed by atoms with Gasteiger partial charge in [-0.25, -0.2) is 0 Å². The summed E-state index contributed by atoms with van der Waals surface area (Å²) in [6.45, 7) is 5.93. The summed E-state index contributed by atoms with van der Waals surface area (Å²) in [6.07, 6.45) is 11.5. The first-order valence-corrected chi connectivity index (χ1v) is 3.67. The first-order chi connectivity index (χ1) is 4.84. The van der Waals surface area contributed by atoms with Gasteiger partial charge in [-0.2, -0.15) is 0 Å². The summed E-state index contributed by atoms with van der Waals surface area (Å²) in [7, 11) is 0. The highest BCUT2D eigenvalue weighted by atomic mass is 14.2. The Kier molecular flexibility index (Phi) is 2.98. The van der Waals surface area contributed by atoms with Crippen molar-refractivity contribution in [2.75, 3.05) is 0 Å². The second-order valence-electron chi connectivity index (χ2n) is 2.64. The number of rotatable bonds is 3. The minimum absolute atomic E-state index is 0.632. The lowest BCUT2D eigenvalue weighted by Gasteiger charge is -2.14. The van der Waals surface area contributed by atoms with Gasteiger partial charge in [0.05, 0.1) is 0 Å². The van der Waals surface area contributed by atoms with Crippen LogP contribution in [0.2, 0.25) is 0 Å². The van der Waals surface area contributed by atoms with Gasteiger partial charge in [0.25, 0.3) is 0 Å². The van der Waals surface area contributed by atoms with Crippen LogP contribution in [0.4, 0.5) is 0 Å². The molecule has 0 spiro atoms. The monoisotopic (exact) mass is 133 g/mol. The molecule has 1 rings (SSSR count). The maximum Gasteiger partial charge on any atom is -0.0136 e. The average molecular weight is 133 g/mol. The largest absolute Gasteiger partial charge is 0.103 e. The van der Waals surface area contributed by atoms with Crippen molar-refractivity contribution in [1.29, 1.82) is 0 Å². The summed E-state index contributed by atoms with van der Waals surface area (Å²) in [6, 6.07) is 0. The summed E-state index contributed by atoms with van der Waals surface area (Å²) in [5, 5.41) is 0. The van der Waals surface area contributed by atoms with Gasteiger partial charge in [0.2, 0.25) is 0 Å². The van der Waals surface area contributed by atoms with Gasteiger partial charge in [-0.1, -0.05) is 13.0 Å². The van der Waals surface area contributed by atoms with Crippen LogP contribution in [0, 0.1) is 37.5 Å². The average Bonchev–Trinajstić information content (AvgIpc) is 2.38. The number of hydrogen-bond donors (Lipinski definition) is 0. The third-order valence-corrected chi connectivity index (χ3v) is 1.78. The van der Waals surface area contributed by atoms with E-state index in [-0.39, 0.29) is 0 Å². The molecule has 0 amide bonds. The van der Waals surface area contributed by atoms with Crippen LogP contribution in [-0.2, 0) is 0 Å². The second kappa shape index (κ2) is 3.80. The van der Waals surface area contributed by atoms with Crippen molar-refractivity contribution in [3.05, 3.63) is 44.3 Å². The predicted molar refractivity (Wildman–Crippen MR) is 44.4 cm³/mol. The molecule has 0 nitrogen and oxygen atoms in total. The van der Waals surface area contributed by atoms with Crippen molar-refractivity contribution in [2.45, 2.75) is 13.3 Å². The van der Waals surface area contributed by atoms with Crippen molar-refractivity contribution in [3.63, 3.8) is 0 Å².